The third kappa shape index (κ3) is 5.37. The van der Waals surface area contributed by atoms with Crippen LogP contribution in [0.3, 0.4) is 0 Å². The van der Waals surface area contributed by atoms with Crippen LogP contribution in [0.4, 0.5) is 0 Å². The van der Waals surface area contributed by atoms with Gasteiger partial charge in [-0.2, -0.15) is 0 Å². The number of amides is 1. The number of sulfone groups is 1. The number of nitrogens with zero attached hydrogens (tertiary/aromatic N) is 2. The molecule has 20 heavy (non-hydrogen) atoms. The van der Waals surface area contributed by atoms with Crippen molar-refractivity contribution in [1.29, 1.82) is 0 Å². The van der Waals surface area contributed by atoms with Gasteiger partial charge in [-0.25, -0.2) is 8.42 Å². The molecule has 2 fully saturated rings. The van der Waals surface area contributed by atoms with E-state index in [2.05, 4.69) is 5.32 Å². The number of hydrogen-bond donors (Lipinski definition) is 1. The number of nitrogens with one attached hydrogen (secondary N) is 1. The molecule has 0 saturated carbocycles. The average molecular weight is 348 g/mol. The molecule has 0 aromatic heterocycles. The van der Waals surface area contributed by atoms with Crippen molar-refractivity contribution >= 4 is 40.6 Å². The van der Waals surface area contributed by atoms with Gasteiger partial charge in [-0.1, -0.05) is 0 Å². The van der Waals surface area contributed by atoms with E-state index in [1.54, 1.807) is 0 Å². The van der Waals surface area contributed by atoms with Crippen molar-refractivity contribution in [2.75, 3.05) is 50.8 Å². The van der Waals surface area contributed by atoms with Crippen LogP contribution in [0.1, 0.15) is 6.92 Å². The Labute approximate surface area is 133 Å². The summed E-state index contributed by atoms with van der Waals surface area (Å²) in [5.74, 6) is 0.470. The van der Waals surface area contributed by atoms with E-state index in [0.29, 0.717) is 19.6 Å². The van der Waals surface area contributed by atoms with E-state index in [-0.39, 0.29) is 48.3 Å². The summed E-state index contributed by atoms with van der Waals surface area (Å²) < 4.78 is 22.6. The molecule has 6 nitrogen and oxygen atoms in total. The van der Waals surface area contributed by atoms with Gasteiger partial charge in [0.1, 0.15) is 0 Å². The fraction of sp³-hybridized carbons (Fsp3) is 0.909. The summed E-state index contributed by atoms with van der Waals surface area (Å²) in [7, 11) is -2.86. The Kier molecular flexibility index (Phi) is 8.35. The van der Waals surface area contributed by atoms with Crippen LogP contribution >= 0.6 is 24.8 Å². The van der Waals surface area contributed by atoms with Crippen molar-refractivity contribution in [2.45, 2.75) is 13.0 Å². The molecule has 1 atom stereocenters. The van der Waals surface area contributed by atoms with Crippen LogP contribution in [-0.2, 0) is 14.6 Å². The molecule has 2 aliphatic heterocycles. The first-order valence-corrected chi connectivity index (χ1v) is 8.23. The van der Waals surface area contributed by atoms with Gasteiger partial charge in [-0.3, -0.25) is 9.69 Å². The largest absolute Gasteiger partial charge is 0.336 e. The molecule has 0 radical (unpaired) electrons. The van der Waals surface area contributed by atoms with Gasteiger partial charge in [0, 0.05) is 38.8 Å². The van der Waals surface area contributed by atoms with Gasteiger partial charge in [0.05, 0.1) is 18.1 Å². The van der Waals surface area contributed by atoms with E-state index in [4.69, 9.17) is 0 Å². The van der Waals surface area contributed by atoms with E-state index in [9.17, 15) is 13.2 Å². The van der Waals surface area contributed by atoms with Gasteiger partial charge in [0.2, 0.25) is 5.91 Å². The summed E-state index contributed by atoms with van der Waals surface area (Å²) in [6.07, 6.45) is 0. The number of hydrogen-bond acceptors (Lipinski definition) is 5. The van der Waals surface area contributed by atoms with Crippen molar-refractivity contribution in [2.24, 2.45) is 0 Å². The second-order valence-corrected chi connectivity index (χ2v) is 7.37. The number of halogens is 2. The maximum atomic E-state index is 12.1. The first-order chi connectivity index (χ1) is 8.48. The smallest absolute Gasteiger partial charge is 0.237 e. The Bertz CT molecular complexity index is 405. The SMILES string of the molecule is C[C@@H]1CNCCN1C(=O)CN1CCS(=O)(=O)CC1.Cl.Cl. The highest BCUT2D eigenvalue weighted by molar-refractivity contribution is 7.91. The normalized spacial score (nSPS) is 26.2. The molecule has 1 amide bonds. The Hall–Kier alpha value is -0.0800. The summed E-state index contributed by atoms with van der Waals surface area (Å²) in [6, 6.07) is 0.222. The van der Waals surface area contributed by atoms with Gasteiger partial charge >= 0.3 is 0 Å². The lowest BCUT2D eigenvalue weighted by Gasteiger charge is -2.36. The van der Waals surface area contributed by atoms with E-state index < -0.39 is 9.84 Å². The van der Waals surface area contributed by atoms with E-state index in [0.717, 1.165) is 19.6 Å². The first kappa shape index (κ1) is 19.9. The minimum Gasteiger partial charge on any atom is -0.336 e. The molecule has 0 spiro atoms. The van der Waals surface area contributed by atoms with Crippen LogP contribution in [0.25, 0.3) is 0 Å². The summed E-state index contributed by atoms with van der Waals surface area (Å²) in [4.78, 5) is 16.0. The maximum Gasteiger partial charge on any atom is 0.237 e. The molecule has 0 aromatic rings. The van der Waals surface area contributed by atoms with Crippen LogP contribution < -0.4 is 5.32 Å². The number of carbonyl (C=O) groups is 1. The highest BCUT2D eigenvalue weighted by Gasteiger charge is 2.27. The standard InChI is InChI=1S/C11H21N3O3S.2ClH/c1-10-8-12-2-3-14(10)11(15)9-13-4-6-18(16,17)7-5-13;;/h10,12H,2-9H2,1H3;2*1H/t10-;;/m1../s1. The molecular formula is C11H23Cl2N3O3S. The Morgan fingerprint density at radius 1 is 1.20 bits per heavy atom. The molecule has 0 unspecified atom stereocenters. The first-order valence-electron chi connectivity index (χ1n) is 6.41. The van der Waals surface area contributed by atoms with E-state index >= 15 is 0 Å². The van der Waals surface area contributed by atoms with E-state index in [1.165, 1.54) is 0 Å². The zero-order valence-electron chi connectivity index (χ0n) is 11.6. The van der Waals surface area contributed by atoms with Crippen molar-refractivity contribution in [3.8, 4) is 0 Å². The van der Waals surface area contributed by atoms with Gasteiger partial charge in [0.25, 0.3) is 0 Å². The van der Waals surface area contributed by atoms with Crippen molar-refractivity contribution in [3.05, 3.63) is 0 Å². The van der Waals surface area contributed by atoms with Crippen LogP contribution in [0.2, 0.25) is 0 Å². The fourth-order valence-electron chi connectivity index (χ4n) is 2.40. The van der Waals surface area contributed by atoms with Gasteiger partial charge in [-0.15, -0.1) is 24.8 Å². The molecule has 2 aliphatic rings. The Morgan fingerprint density at radius 3 is 2.35 bits per heavy atom. The topological polar surface area (TPSA) is 69.7 Å². The lowest BCUT2D eigenvalue weighted by molar-refractivity contribution is -0.135. The fourth-order valence-corrected chi connectivity index (χ4v) is 3.68. The number of rotatable bonds is 2. The van der Waals surface area contributed by atoms with Crippen LogP contribution in [-0.4, -0.2) is 80.9 Å². The Morgan fingerprint density at radius 2 is 1.80 bits per heavy atom. The summed E-state index contributed by atoms with van der Waals surface area (Å²) in [6.45, 7) is 5.75. The number of carbonyl (C=O) groups excluding carboxylic acids is 1. The minimum absolute atomic E-state index is 0. The van der Waals surface area contributed by atoms with Gasteiger partial charge < -0.3 is 10.2 Å². The maximum absolute atomic E-state index is 12.1. The highest BCUT2D eigenvalue weighted by Crippen LogP contribution is 2.07. The lowest BCUT2D eigenvalue weighted by Crippen LogP contribution is -2.55. The summed E-state index contributed by atoms with van der Waals surface area (Å²) >= 11 is 0. The molecule has 2 saturated heterocycles. The van der Waals surface area contributed by atoms with Crippen molar-refractivity contribution < 1.29 is 13.2 Å². The monoisotopic (exact) mass is 347 g/mol. The average Bonchev–Trinajstić information content (AvgIpc) is 2.32. The van der Waals surface area contributed by atoms with E-state index in [1.807, 2.05) is 16.7 Å². The highest BCUT2D eigenvalue weighted by atomic mass is 35.5. The predicted octanol–water partition coefficient (Wildman–Crippen LogP) is -0.619. The second kappa shape index (κ2) is 8.38. The summed E-state index contributed by atoms with van der Waals surface area (Å²) in [5.41, 5.74) is 0. The molecule has 0 bridgehead atoms. The molecule has 0 aromatic carbocycles. The molecule has 1 N–H and O–H groups in total. The second-order valence-electron chi connectivity index (χ2n) is 5.07. The third-order valence-corrected chi connectivity index (χ3v) is 5.23. The Balaban J connectivity index is 0.00000180. The molecular weight excluding hydrogens is 325 g/mol. The minimum atomic E-state index is -2.86. The predicted molar refractivity (Wildman–Crippen MR) is 83.6 cm³/mol. The van der Waals surface area contributed by atoms with Crippen LogP contribution in [0, 0.1) is 0 Å². The third-order valence-electron chi connectivity index (χ3n) is 3.62. The quantitative estimate of drug-likeness (QED) is 0.720. The zero-order chi connectivity index (χ0) is 13.2. The summed E-state index contributed by atoms with van der Waals surface area (Å²) in [5, 5.41) is 3.25. The van der Waals surface area contributed by atoms with Crippen molar-refractivity contribution in [3.63, 3.8) is 0 Å². The van der Waals surface area contributed by atoms with Gasteiger partial charge in [0.15, 0.2) is 9.84 Å². The zero-order valence-corrected chi connectivity index (χ0v) is 14.0. The lowest BCUT2D eigenvalue weighted by atomic mass is 10.2. The molecule has 9 heteroatoms. The molecule has 120 valence electrons. The molecule has 2 rings (SSSR count). The van der Waals surface area contributed by atoms with Crippen LogP contribution in [0.15, 0.2) is 0 Å². The molecule has 0 aliphatic carbocycles. The van der Waals surface area contributed by atoms with Gasteiger partial charge in [-0.05, 0) is 6.92 Å². The molecule has 2 heterocycles. The number of piperazine rings is 1. The van der Waals surface area contributed by atoms with Crippen LogP contribution in [0.5, 0.6) is 0 Å². The van der Waals surface area contributed by atoms with Crippen molar-refractivity contribution in [1.82, 2.24) is 15.1 Å².